The Morgan fingerprint density at radius 3 is 2.53 bits per heavy atom. The minimum absolute atomic E-state index is 0.0211. The van der Waals surface area contributed by atoms with Crippen LogP contribution in [0, 0.1) is 0 Å². The topological polar surface area (TPSA) is 80.7 Å². The Bertz CT molecular complexity index is 548. The molecule has 0 fully saturated rings. The van der Waals surface area contributed by atoms with Crippen LogP contribution < -0.4 is 0 Å². The van der Waals surface area contributed by atoms with Crippen molar-refractivity contribution in [2.75, 3.05) is 19.0 Å². The highest BCUT2D eigenvalue weighted by atomic mass is 32.2. The fraction of sp³-hybridized carbons (Fsp3) is 0.462. The maximum Gasteiger partial charge on any atom is 0.335 e. The summed E-state index contributed by atoms with van der Waals surface area (Å²) in [6.07, 6.45) is 0.531. The molecule has 6 heteroatoms. The first-order valence-electron chi connectivity index (χ1n) is 6.09. The van der Waals surface area contributed by atoms with E-state index in [1.807, 2.05) is 6.92 Å². The Labute approximate surface area is 113 Å². The molecule has 1 rings (SSSR count). The zero-order valence-corrected chi connectivity index (χ0v) is 11.9. The van der Waals surface area contributed by atoms with E-state index in [1.54, 1.807) is 13.0 Å². The Morgan fingerprint density at radius 1 is 1.32 bits per heavy atom. The monoisotopic (exact) mass is 286 g/mol. The standard InChI is InChI=1S/C13H18O5S/c1-3-10-5-6-11(13(14)15)9-12(10)19(16,17)8-7-18-4-2/h5-6,9H,3-4,7-8H2,1-2H3,(H,14,15). The first-order valence-corrected chi connectivity index (χ1v) is 7.74. The number of aromatic carboxylic acids is 1. The van der Waals surface area contributed by atoms with Gasteiger partial charge in [-0.1, -0.05) is 13.0 Å². The fourth-order valence-electron chi connectivity index (χ4n) is 1.69. The van der Waals surface area contributed by atoms with Gasteiger partial charge in [0.15, 0.2) is 9.84 Å². The predicted molar refractivity (Wildman–Crippen MR) is 71.3 cm³/mol. The molecule has 0 atom stereocenters. The average molecular weight is 286 g/mol. The highest BCUT2D eigenvalue weighted by Crippen LogP contribution is 2.20. The van der Waals surface area contributed by atoms with Crippen molar-refractivity contribution in [3.8, 4) is 0 Å². The van der Waals surface area contributed by atoms with Crippen molar-refractivity contribution in [2.45, 2.75) is 25.2 Å². The molecule has 0 unspecified atom stereocenters. The van der Waals surface area contributed by atoms with Crippen molar-refractivity contribution < 1.29 is 23.1 Å². The number of hydrogen-bond acceptors (Lipinski definition) is 4. The molecule has 0 spiro atoms. The third-order valence-corrected chi connectivity index (χ3v) is 4.48. The van der Waals surface area contributed by atoms with Crippen LogP contribution in [0.4, 0.5) is 0 Å². The van der Waals surface area contributed by atoms with Crippen molar-refractivity contribution in [1.82, 2.24) is 0 Å². The molecule has 0 aliphatic heterocycles. The molecule has 0 bridgehead atoms. The van der Waals surface area contributed by atoms with Gasteiger partial charge in [0.25, 0.3) is 0 Å². The largest absolute Gasteiger partial charge is 0.478 e. The Kier molecular flexibility index (Phi) is 5.50. The van der Waals surface area contributed by atoms with Crippen LogP contribution >= 0.6 is 0 Å². The molecule has 0 saturated heterocycles. The lowest BCUT2D eigenvalue weighted by Crippen LogP contribution is -2.15. The van der Waals surface area contributed by atoms with Crippen LogP contribution in [0.25, 0.3) is 0 Å². The van der Waals surface area contributed by atoms with Crippen molar-refractivity contribution in [3.63, 3.8) is 0 Å². The molecule has 19 heavy (non-hydrogen) atoms. The lowest BCUT2D eigenvalue weighted by Gasteiger charge is -2.10. The van der Waals surface area contributed by atoms with Gasteiger partial charge in [0.05, 0.1) is 22.8 Å². The second kappa shape index (κ2) is 6.68. The molecule has 1 aromatic carbocycles. The maximum atomic E-state index is 12.2. The van der Waals surface area contributed by atoms with E-state index in [0.717, 1.165) is 0 Å². The normalized spacial score (nSPS) is 11.5. The summed E-state index contributed by atoms with van der Waals surface area (Å²) in [5.74, 6) is -1.28. The molecule has 0 saturated carbocycles. The van der Waals surface area contributed by atoms with Gasteiger partial charge in [0.2, 0.25) is 0 Å². The highest BCUT2D eigenvalue weighted by molar-refractivity contribution is 7.91. The van der Waals surface area contributed by atoms with Crippen molar-refractivity contribution in [3.05, 3.63) is 29.3 Å². The molecule has 0 aliphatic rings. The quantitative estimate of drug-likeness (QED) is 0.772. The molecule has 1 N–H and O–H groups in total. The number of carboxylic acids is 1. The van der Waals surface area contributed by atoms with Crippen LogP contribution in [0.15, 0.2) is 23.1 Å². The molecule has 0 heterocycles. The number of rotatable bonds is 7. The van der Waals surface area contributed by atoms with Gasteiger partial charge < -0.3 is 9.84 Å². The second-order valence-corrected chi connectivity index (χ2v) is 6.07. The van der Waals surface area contributed by atoms with Crippen molar-refractivity contribution in [1.29, 1.82) is 0 Å². The lowest BCUT2D eigenvalue weighted by molar-refractivity contribution is 0.0696. The zero-order valence-electron chi connectivity index (χ0n) is 11.0. The van der Waals surface area contributed by atoms with E-state index in [2.05, 4.69) is 0 Å². The Morgan fingerprint density at radius 2 is 2.00 bits per heavy atom. The molecule has 1 aromatic rings. The molecular weight excluding hydrogens is 268 g/mol. The summed E-state index contributed by atoms with van der Waals surface area (Å²) in [5, 5.41) is 8.93. The Hall–Kier alpha value is -1.40. The SMILES string of the molecule is CCOCCS(=O)(=O)c1cc(C(=O)O)ccc1CC. The molecular formula is C13H18O5S. The molecule has 0 aliphatic carbocycles. The van der Waals surface area contributed by atoms with Crippen LogP contribution in [-0.4, -0.2) is 38.5 Å². The van der Waals surface area contributed by atoms with E-state index in [0.29, 0.717) is 18.6 Å². The fourth-order valence-corrected chi connectivity index (χ4v) is 3.17. The second-order valence-electron chi connectivity index (χ2n) is 4.00. The summed E-state index contributed by atoms with van der Waals surface area (Å²) in [6, 6.07) is 4.20. The van der Waals surface area contributed by atoms with Crippen LogP contribution in [0.1, 0.15) is 29.8 Å². The van der Waals surface area contributed by atoms with E-state index in [-0.39, 0.29) is 22.8 Å². The summed E-state index contributed by atoms with van der Waals surface area (Å²) in [7, 11) is -3.52. The van der Waals surface area contributed by atoms with Gasteiger partial charge >= 0.3 is 5.97 Å². The summed E-state index contributed by atoms with van der Waals surface area (Å²) in [6.45, 7) is 4.18. The van der Waals surface area contributed by atoms with Gasteiger partial charge in [-0.3, -0.25) is 0 Å². The number of sulfone groups is 1. The number of aryl methyl sites for hydroxylation is 1. The first-order chi connectivity index (χ1) is 8.92. The minimum atomic E-state index is -3.52. The number of ether oxygens (including phenoxy) is 1. The molecule has 0 radical (unpaired) electrons. The van der Waals surface area contributed by atoms with E-state index >= 15 is 0 Å². The van der Waals surface area contributed by atoms with Gasteiger partial charge in [-0.15, -0.1) is 0 Å². The number of carbonyl (C=O) groups is 1. The van der Waals surface area contributed by atoms with Gasteiger partial charge in [-0.2, -0.15) is 0 Å². The molecule has 5 nitrogen and oxygen atoms in total. The smallest absolute Gasteiger partial charge is 0.335 e. The van der Waals surface area contributed by atoms with Crippen LogP contribution in [-0.2, 0) is 21.0 Å². The van der Waals surface area contributed by atoms with Crippen molar-refractivity contribution >= 4 is 15.8 Å². The van der Waals surface area contributed by atoms with Gasteiger partial charge in [-0.25, -0.2) is 13.2 Å². The summed E-state index contributed by atoms with van der Waals surface area (Å²) >= 11 is 0. The first kappa shape index (κ1) is 15.7. The van der Waals surface area contributed by atoms with Gasteiger partial charge in [-0.05, 0) is 31.0 Å². The third-order valence-electron chi connectivity index (χ3n) is 2.73. The highest BCUT2D eigenvalue weighted by Gasteiger charge is 2.19. The molecule has 0 aromatic heterocycles. The number of hydrogen-bond donors (Lipinski definition) is 1. The Balaban J connectivity index is 3.15. The summed E-state index contributed by atoms with van der Waals surface area (Å²) < 4.78 is 29.4. The van der Waals surface area contributed by atoms with Gasteiger partial charge in [0, 0.05) is 6.61 Å². The summed E-state index contributed by atoms with van der Waals surface area (Å²) in [5.41, 5.74) is 0.605. The van der Waals surface area contributed by atoms with Crippen molar-refractivity contribution in [2.24, 2.45) is 0 Å². The van der Waals surface area contributed by atoms with Crippen LogP contribution in [0.5, 0.6) is 0 Å². The summed E-state index contributed by atoms with van der Waals surface area (Å²) in [4.78, 5) is 11.0. The predicted octanol–water partition coefficient (Wildman–Crippen LogP) is 1.76. The third kappa shape index (κ3) is 4.04. The van der Waals surface area contributed by atoms with E-state index < -0.39 is 15.8 Å². The van der Waals surface area contributed by atoms with E-state index in [4.69, 9.17) is 9.84 Å². The van der Waals surface area contributed by atoms with Crippen LogP contribution in [0.2, 0.25) is 0 Å². The lowest BCUT2D eigenvalue weighted by atomic mass is 10.1. The van der Waals surface area contributed by atoms with E-state index in [1.165, 1.54) is 12.1 Å². The minimum Gasteiger partial charge on any atom is -0.478 e. The van der Waals surface area contributed by atoms with E-state index in [9.17, 15) is 13.2 Å². The average Bonchev–Trinajstić information content (AvgIpc) is 2.38. The van der Waals surface area contributed by atoms with Gasteiger partial charge in [0.1, 0.15) is 0 Å². The number of carboxylic acid groups (broad SMARTS) is 1. The molecule has 0 amide bonds. The maximum absolute atomic E-state index is 12.2. The van der Waals surface area contributed by atoms with Crippen LogP contribution in [0.3, 0.4) is 0 Å². The number of benzene rings is 1. The molecule has 106 valence electrons. The zero-order chi connectivity index (χ0) is 14.5.